The molecule has 0 aromatic carbocycles. The van der Waals surface area contributed by atoms with E-state index in [1.54, 1.807) is 26.6 Å². The number of hydrogen-bond acceptors (Lipinski definition) is 0. The van der Waals surface area contributed by atoms with E-state index in [0.29, 0.717) is 0 Å². The van der Waals surface area contributed by atoms with E-state index in [2.05, 4.69) is 41.5 Å². The first kappa shape index (κ1) is 23.9. The van der Waals surface area contributed by atoms with Crippen molar-refractivity contribution in [1.82, 2.24) is 0 Å². The molecule has 0 fully saturated rings. The Labute approximate surface area is 145 Å². The van der Waals surface area contributed by atoms with E-state index in [0.717, 1.165) is 0 Å². The zero-order valence-electron chi connectivity index (χ0n) is 15.5. The van der Waals surface area contributed by atoms with Crippen molar-refractivity contribution in [3.05, 3.63) is 0 Å². The molecule has 0 nitrogen and oxygen atoms in total. The monoisotopic (exact) mass is 498 g/mol. The normalized spacial score (nSPS) is 10.8. The summed E-state index contributed by atoms with van der Waals surface area (Å²) in [5.74, 6) is 0. The van der Waals surface area contributed by atoms with Crippen molar-refractivity contribution in [3.8, 4) is 0 Å². The maximum atomic E-state index is 2.35. The molecule has 0 atom stereocenters. The molecule has 122 valence electrons. The second-order valence-electron chi connectivity index (χ2n) is 5.87. The van der Waals surface area contributed by atoms with Gasteiger partial charge < -0.3 is 0 Å². The van der Waals surface area contributed by atoms with Crippen LogP contribution in [0.3, 0.4) is 0 Å². The predicted octanol–water partition coefficient (Wildman–Crippen LogP) is 7.42. The van der Waals surface area contributed by atoms with Crippen LogP contribution < -0.4 is 0 Å². The molecule has 0 heterocycles. The first-order valence-corrected chi connectivity index (χ1v) is 21.5. The molecule has 20 heavy (non-hydrogen) atoms. The van der Waals surface area contributed by atoms with Gasteiger partial charge >= 0.3 is 146 Å². The molecular formula is C18H42Sn2. The Balaban J connectivity index is 0. The minimum absolute atomic E-state index is 0.653. The van der Waals surface area contributed by atoms with Crippen molar-refractivity contribution in [1.29, 1.82) is 0 Å². The van der Waals surface area contributed by atoms with Crippen molar-refractivity contribution in [3.63, 3.8) is 0 Å². The summed E-state index contributed by atoms with van der Waals surface area (Å²) < 4.78 is 9.69. The van der Waals surface area contributed by atoms with Crippen molar-refractivity contribution >= 4 is 39.5 Å². The van der Waals surface area contributed by atoms with Gasteiger partial charge in [0.15, 0.2) is 0 Å². The van der Waals surface area contributed by atoms with Gasteiger partial charge in [-0.1, -0.05) is 0 Å². The van der Waals surface area contributed by atoms with Crippen LogP contribution in [0.4, 0.5) is 0 Å². The van der Waals surface area contributed by atoms with E-state index >= 15 is 0 Å². The van der Waals surface area contributed by atoms with Gasteiger partial charge in [0.1, 0.15) is 0 Å². The minimum atomic E-state index is -0.839. The second-order valence-corrected chi connectivity index (χ2v) is 24.8. The molecule has 0 amide bonds. The molecule has 0 aromatic heterocycles. The molecule has 0 aromatic rings. The van der Waals surface area contributed by atoms with Gasteiger partial charge in [0.05, 0.1) is 0 Å². The Kier molecular flexibility index (Phi) is 24.6. The van der Waals surface area contributed by atoms with Crippen molar-refractivity contribution in [2.24, 2.45) is 0 Å². The molecule has 0 spiro atoms. The van der Waals surface area contributed by atoms with Crippen LogP contribution in [0.25, 0.3) is 0 Å². The van der Waals surface area contributed by atoms with Gasteiger partial charge in [-0.05, 0) is 0 Å². The fourth-order valence-corrected chi connectivity index (χ4v) is 16.1. The molecule has 0 saturated heterocycles. The fourth-order valence-electron chi connectivity index (χ4n) is 2.41. The summed E-state index contributed by atoms with van der Waals surface area (Å²) in [6.45, 7) is 14.0. The van der Waals surface area contributed by atoms with Crippen LogP contribution in [0.5, 0.6) is 0 Å². The molecule has 2 heteroatoms. The SMILES string of the molecule is CCC[CH2][Sn]([CH2]CCC)[CH2]CCC.C[CH2][Sn]([CH2]C)[CH2]C. The van der Waals surface area contributed by atoms with Crippen LogP contribution in [0, 0.1) is 0 Å². The second kappa shape index (κ2) is 20.6. The van der Waals surface area contributed by atoms with Crippen LogP contribution in [-0.4, -0.2) is 39.5 Å². The molecule has 0 unspecified atom stereocenters. The average molecular weight is 496 g/mol. The summed E-state index contributed by atoms with van der Waals surface area (Å²) in [6, 6.07) is 0. The Morgan fingerprint density at radius 3 is 0.900 bits per heavy atom. The van der Waals surface area contributed by atoms with E-state index < -0.39 is 39.5 Å². The van der Waals surface area contributed by atoms with Crippen LogP contribution in [0.2, 0.25) is 26.6 Å². The third-order valence-electron chi connectivity index (χ3n) is 4.15. The van der Waals surface area contributed by atoms with Gasteiger partial charge in [0, 0.05) is 0 Å². The Bertz CT molecular complexity index is 131. The average Bonchev–Trinajstić information content (AvgIpc) is 2.49. The third-order valence-corrected chi connectivity index (χ3v) is 21.8. The van der Waals surface area contributed by atoms with Gasteiger partial charge in [0.2, 0.25) is 0 Å². The number of unbranched alkanes of at least 4 members (excludes halogenated alkanes) is 3. The predicted molar refractivity (Wildman–Crippen MR) is 102 cm³/mol. The van der Waals surface area contributed by atoms with Gasteiger partial charge in [-0.15, -0.1) is 0 Å². The number of rotatable bonds is 12. The Hall–Kier alpha value is 1.60. The van der Waals surface area contributed by atoms with Crippen molar-refractivity contribution in [2.75, 3.05) is 0 Å². The first-order valence-electron chi connectivity index (χ1n) is 9.36. The summed E-state index contributed by atoms with van der Waals surface area (Å²) >= 11 is -1.49. The van der Waals surface area contributed by atoms with Gasteiger partial charge in [-0.2, -0.15) is 0 Å². The summed E-state index contributed by atoms with van der Waals surface area (Å²) in [5.41, 5.74) is 0. The van der Waals surface area contributed by atoms with E-state index in [4.69, 9.17) is 0 Å². The van der Waals surface area contributed by atoms with Crippen molar-refractivity contribution < 1.29 is 0 Å². The molecule has 0 rings (SSSR count). The topological polar surface area (TPSA) is 0 Å². The van der Waals surface area contributed by atoms with Gasteiger partial charge in [-0.25, -0.2) is 0 Å². The molecule has 0 aliphatic heterocycles. The van der Waals surface area contributed by atoms with E-state index in [-0.39, 0.29) is 0 Å². The molecule has 0 bridgehead atoms. The van der Waals surface area contributed by atoms with E-state index in [9.17, 15) is 0 Å². The zero-order chi connectivity index (χ0) is 15.6. The van der Waals surface area contributed by atoms with Gasteiger partial charge in [-0.3, -0.25) is 0 Å². The fraction of sp³-hybridized carbons (Fsp3) is 1.00. The van der Waals surface area contributed by atoms with Crippen molar-refractivity contribution in [2.45, 2.75) is 107 Å². The van der Waals surface area contributed by atoms with Crippen LogP contribution >= 0.6 is 0 Å². The van der Waals surface area contributed by atoms with Gasteiger partial charge in [0.25, 0.3) is 0 Å². The maximum absolute atomic E-state index is 2.35. The third kappa shape index (κ3) is 17.6. The summed E-state index contributed by atoms with van der Waals surface area (Å²) in [6.07, 6.45) is 8.85. The van der Waals surface area contributed by atoms with Crippen LogP contribution in [0.1, 0.15) is 80.1 Å². The summed E-state index contributed by atoms with van der Waals surface area (Å²) in [4.78, 5) is 0. The summed E-state index contributed by atoms with van der Waals surface area (Å²) in [7, 11) is 0. The molecule has 2 radical (unpaired) electrons. The molecular weight excluding hydrogens is 454 g/mol. The first-order chi connectivity index (χ1) is 9.69. The van der Waals surface area contributed by atoms with Crippen LogP contribution in [0.15, 0.2) is 0 Å². The zero-order valence-corrected chi connectivity index (χ0v) is 21.2. The molecule has 0 saturated carbocycles. The van der Waals surface area contributed by atoms with E-state index in [1.165, 1.54) is 38.5 Å². The van der Waals surface area contributed by atoms with E-state index in [1.807, 2.05) is 0 Å². The number of hydrogen-bond donors (Lipinski definition) is 0. The molecule has 0 N–H and O–H groups in total. The molecule has 0 aliphatic carbocycles. The Morgan fingerprint density at radius 1 is 0.450 bits per heavy atom. The Morgan fingerprint density at radius 2 is 0.750 bits per heavy atom. The quantitative estimate of drug-likeness (QED) is 0.247. The van der Waals surface area contributed by atoms with Crippen LogP contribution in [-0.2, 0) is 0 Å². The standard InChI is InChI=1S/3C4H9.3C2H5.2Sn/c3*1-3-4-2;3*1-2;;/h3*1,3-4H2,2H3;3*1H2,2H3;;. The molecule has 0 aliphatic rings. The summed E-state index contributed by atoms with van der Waals surface area (Å²) in [5, 5.41) is 0.